The van der Waals surface area contributed by atoms with Gasteiger partial charge in [-0.05, 0) is 24.0 Å². The Morgan fingerprint density at radius 1 is 1.32 bits per heavy atom. The van der Waals surface area contributed by atoms with E-state index in [0.717, 1.165) is 17.3 Å². The minimum atomic E-state index is -0.479. The van der Waals surface area contributed by atoms with Crippen LogP contribution in [0.4, 0.5) is 0 Å². The molecule has 6 nitrogen and oxygen atoms in total. The zero-order valence-electron chi connectivity index (χ0n) is 14.5. The Morgan fingerprint density at radius 2 is 2.00 bits per heavy atom. The average molecular weight is 384 g/mol. The predicted molar refractivity (Wildman–Crippen MR) is 98.9 cm³/mol. The highest BCUT2D eigenvalue weighted by Gasteiger charge is 2.21. The monoisotopic (exact) mass is 383 g/mol. The van der Waals surface area contributed by atoms with Crippen LogP contribution >= 0.6 is 23.3 Å². The predicted octanol–water partition coefficient (Wildman–Crippen LogP) is 3.15. The first-order valence-corrected chi connectivity index (χ1v) is 9.04. The second-order valence-electron chi connectivity index (χ2n) is 6.73. The van der Waals surface area contributed by atoms with Crippen LogP contribution in [0, 0.1) is 5.41 Å². The maximum absolute atomic E-state index is 11.9. The fourth-order valence-corrected chi connectivity index (χ4v) is 2.67. The normalized spacial score (nSPS) is 12.7. The number of ether oxygens (including phenoxy) is 1. The Morgan fingerprint density at radius 3 is 2.64 bits per heavy atom. The fourth-order valence-electron chi connectivity index (χ4n) is 2.03. The van der Waals surface area contributed by atoms with Crippen LogP contribution in [0.15, 0.2) is 24.3 Å². The van der Waals surface area contributed by atoms with E-state index in [1.54, 1.807) is 12.1 Å². The molecule has 0 saturated carbocycles. The highest BCUT2D eigenvalue weighted by molar-refractivity contribution is 6.99. The number of halogens is 1. The van der Waals surface area contributed by atoms with Gasteiger partial charge in [-0.2, -0.15) is 4.37 Å². The minimum absolute atomic E-state index is 0.155. The van der Waals surface area contributed by atoms with Crippen molar-refractivity contribution >= 4 is 29.2 Å². The van der Waals surface area contributed by atoms with Gasteiger partial charge in [0.2, 0.25) is 0 Å². The molecule has 0 fully saturated rings. The third-order valence-electron chi connectivity index (χ3n) is 3.66. The number of carbonyl (C=O) groups is 1. The second-order valence-corrected chi connectivity index (χ2v) is 7.70. The van der Waals surface area contributed by atoms with E-state index in [0.29, 0.717) is 29.6 Å². The molecule has 0 radical (unpaired) electrons. The molecule has 1 aromatic heterocycles. The highest BCUT2D eigenvalue weighted by atomic mass is 35.5. The number of benzene rings is 1. The van der Waals surface area contributed by atoms with Crippen molar-refractivity contribution in [2.24, 2.45) is 5.41 Å². The molecule has 0 saturated heterocycles. The molecule has 0 aliphatic carbocycles. The molecular weight excluding hydrogens is 362 g/mol. The number of aliphatic hydroxyl groups is 1. The summed E-state index contributed by atoms with van der Waals surface area (Å²) in [7, 11) is 0. The largest absolute Gasteiger partial charge is 0.465 e. The van der Waals surface area contributed by atoms with Crippen LogP contribution in [0.5, 0.6) is 5.88 Å². The number of hydrogen-bond donors (Lipinski definition) is 2. The summed E-state index contributed by atoms with van der Waals surface area (Å²) in [5, 5.41) is 13.3. The van der Waals surface area contributed by atoms with Crippen molar-refractivity contribution in [1.82, 2.24) is 14.1 Å². The Balaban J connectivity index is 1.83. The van der Waals surface area contributed by atoms with Gasteiger partial charge in [0.1, 0.15) is 5.69 Å². The summed E-state index contributed by atoms with van der Waals surface area (Å²) in [5.74, 6) is 0.0494. The third kappa shape index (κ3) is 5.95. The van der Waals surface area contributed by atoms with Crippen molar-refractivity contribution in [3.63, 3.8) is 0 Å². The summed E-state index contributed by atoms with van der Waals surface area (Å²) in [6.07, 6.45) is 0.0109. The SMILES string of the molecule is CC(C)(C)C(O)CCNC(=O)COc1nsnc1-c1ccc(Cl)cc1. The molecule has 8 heteroatoms. The molecule has 1 amide bonds. The van der Waals surface area contributed by atoms with Crippen LogP contribution in [-0.2, 0) is 4.79 Å². The number of hydrogen-bond acceptors (Lipinski definition) is 6. The molecule has 25 heavy (non-hydrogen) atoms. The van der Waals surface area contributed by atoms with Crippen LogP contribution in [0.2, 0.25) is 5.02 Å². The molecule has 1 heterocycles. The lowest BCUT2D eigenvalue weighted by Gasteiger charge is -2.25. The summed E-state index contributed by atoms with van der Waals surface area (Å²) in [4.78, 5) is 11.9. The van der Waals surface area contributed by atoms with Gasteiger partial charge in [0.15, 0.2) is 6.61 Å². The number of nitrogens with zero attached hydrogens (tertiary/aromatic N) is 2. The number of rotatable bonds is 7. The van der Waals surface area contributed by atoms with Gasteiger partial charge >= 0.3 is 0 Å². The van der Waals surface area contributed by atoms with E-state index in [4.69, 9.17) is 16.3 Å². The summed E-state index contributed by atoms with van der Waals surface area (Å²) < 4.78 is 13.8. The van der Waals surface area contributed by atoms with E-state index < -0.39 is 6.10 Å². The molecule has 2 aromatic rings. The lowest BCUT2D eigenvalue weighted by molar-refractivity contribution is -0.123. The molecule has 2 N–H and O–H groups in total. The molecular formula is C17H22ClN3O3S. The van der Waals surface area contributed by atoms with E-state index in [9.17, 15) is 9.90 Å². The van der Waals surface area contributed by atoms with Gasteiger partial charge in [-0.3, -0.25) is 4.79 Å². The van der Waals surface area contributed by atoms with Gasteiger partial charge in [-0.1, -0.05) is 44.5 Å². The molecule has 0 bridgehead atoms. The van der Waals surface area contributed by atoms with E-state index in [1.807, 2.05) is 32.9 Å². The third-order valence-corrected chi connectivity index (χ3v) is 4.42. The Labute approximate surface area is 156 Å². The van der Waals surface area contributed by atoms with Crippen molar-refractivity contribution < 1.29 is 14.6 Å². The van der Waals surface area contributed by atoms with Crippen molar-refractivity contribution in [1.29, 1.82) is 0 Å². The van der Waals surface area contributed by atoms with Crippen LogP contribution in [0.1, 0.15) is 27.2 Å². The lowest BCUT2D eigenvalue weighted by atomic mass is 9.87. The molecule has 1 aromatic carbocycles. The van der Waals surface area contributed by atoms with Gasteiger partial charge in [-0.25, -0.2) is 0 Å². The Hall–Kier alpha value is -1.70. The van der Waals surface area contributed by atoms with Gasteiger partial charge in [0.25, 0.3) is 11.8 Å². The van der Waals surface area contributed by atoms with Crippen molar-refractivity contribution in [3.8, 4) is 17.1 Å². The summed E-state index contributed by atoms with van der Waals surface area (Å²) in [6.45, 7) is 6.10. The molecule has 0 spiro atoms. The summed E-state index contributed by atoms with van der Waals surface area (Å²) >= 11 is 6.90. The first-order chi connectivity index (χ1) is 11.8. The standard InChI is InChI=1S/C17H22ClN3O3S/c1-17(2,3)13(22)8-9-19-14(23)10-24-16-15(20-25-21-16)11-4-6-12(18)7-5-11/h4-7,13,22H,8-10H2,1-3H3,(H,19,23). The molecule has 2 rings (SSSR count). The van der Waals surface area contributed by atoms with Gasteiger partial charge in [-0.15, -0.1) is 4.37 Å². The van der Waals surface area contributed by atoms with Crippen LogP contribution < -0.4 is 10.1 Å². The molecule has 136 valence electrons. The number of nitrogens with one attached hydrogen (secondary N) is 1. The van der Waals surface area contributed by atoms with Crippen molar-refractivity contribution in [2.75, 3.05) is 13.2 Å². The van der Waals surface area contributed by atoms with Crippen LogP contribution in [0.3, 0.4) is 0 Å². The quantitative estimate of drug-likeness (QED) is 0.767. The second kappa shape index (κ2) is 8.60. The maximum atomic E-state index is 11.9. The first-order valence-electron chi connectivity index (χ1n) is 7.93. The number of aliphatic hydroxyl groups excluding tert-OH is 1. The van der Waals surface area contributed by atoms with Crippen LogP contribution in [0.25, 0.3) is 11.3 Å². The molecule has 0 aliphatic heterocycles. The van der Waals surface area contributed by atoms with Gasteiger partial charge in [0, 0.05) is 17.1 Å². The highest BCUT2D eigenvalue weighted by Crippen LogP contribution is 2.28. The van der Waals surface area contributed by atoms with E-state index >= 15 is 0 Å². The minimum Gasteiger partial charge on any atom is -0.465 e. The Bertz CT molecular complexity index is 698. The summed E-state index contributed by atoms with van der Waals surface area (Å²) in [5.41, 5.74) is 1.19. The molecule has 1 unspecified atom stereocenters. The number of amides is 1. The average Bonchev–Trinajstić information content (AvgIpc) is 3.01. The smallest absolute Gasteiger partial charge is 0.258 e. The topological polar surface area (TPSA) is 84.3 Å². The van der Waals surface area contributed by atoms with E-state index in [-0.39, 0.29) is 17.9 Å². The first kappa shape index (κ1) is 19.6. The molecule has 0 aliphatic rings. The van der Waals surface area contributed by atoms with E-state index in [2.05, 4.69) is 14.1 Å². The molecule has 1 atom stereocenters. The van der Waals surface area contributed by atoms with Crippen molar-refractivity contribution in [3.05, 3.63) is 29.3 Å². The van der Waals surface area contributed by atoms with E-state index in [1.165, 1.54) is 0 Å². The lowest BCUT2D eigenvalue weighted by Crippen LogP contribution is -2.34. The fraction of sp³-hybridized carbons (Fsp3) is 0.471. The number of carbonyl (C=O) groups excluding carboxylic acids is 1. The Kier molecular flexibility index (Phi) is 6.75. The van der Waals surface area contributed by atoms with Gasteiger partial charge < -0.3 is 15.2 Å². The van der Waals surface area contributed by atoms with Crippen molar-refractivity contribution in [2.45, 2.75) is 33.3 Å². The zero-order valence-corrected chi connectivity index (χ0v) is 16.0. The van der Waals surface area contributed by atoms with Crippen LogP contribution in [-0.4, -0.2) is 39.0 Å². The summed E-state index contributed by atoms with van der Waals surface area (Å²) in [6, 6.07) is 7.15. The zero-order chi connectivity index (χ0) is 18.4. The van der Waals surface area contributed by atoms with Gasteiger partial charge in [0.05, 0.1) is 17.8 Å². The number of aromatic nitrogens is 2. The maximum Gasteiger partial charge on any atom is 0.258 e.